The van der Waals surface area contributed by atoms with Gasteiger partial charge in [-0.15, -0.1) is 0 Å². The van der Waals surface area contributed by atoms with Crippen LogP contribution in [0.15, 0.2) is 53.4 Å². The van der Waals surface area contributed by atoms with Crippen molar-refractivity contribution >= 4 is 44.1 Å². The molecular weight excluding hydrogens is 430 g/mol. The Kier molecular flexibility index (Phi) is 5.90. The van der Waals surface area contributed by atoms with Crippen LogP contribution in [0.2, 0.25) is 0 Å². The van der Waals surface area contributed by atoms with Crippen LogP contribution in [0.1, 0.15) is 17.4 Å². The van der Waals surface area contributed by atoms with Crippen molar-refractivity contribution in [3.05, 3.63) is 54.2 Å². The summed E-state index contributed by atoms with van der Waals surface area (Å²) in [5, 5.41) is 3.22. The third-order valence-corrected chi connectivity index (χ3v) is 6.80. The number of nitrogens with zero attached hydrogens (tertiary/aromatic N) is 2. The van der Waals surface area contributed by atoms with E-state index in [2.05, 4.69) is 19.9 Å². The molecule has 3 N–H and O–H groups in total. The largest absolute Gasteiger partial charge is 0.349 e. The first-order chi connectivity index (χ1) is 15.2. The zero-order valence-corrected chi connectivity index (χ0v) is 18.7. The number of aromatic nitrogens is 1. The quantitative estimate of drug-likeness (QED) is 0.546. The smallest absolute Gasteiger partial charge is 0.272 e. The summed E-state index contributed by atoms with van der Waals surface area (Å²) in [5.41, 5.74) is 1.61. The molecule has 2 aromatic carbocycles. The van der Waals surface area contributed by atoms with Gasteiger partial charge < -0.3 is 20.1 Å². The number of piperazine rings is 1. The molecule has 1 fully saturated rings. The molecule has 2 amide bonds. The van der Waals surface area contributed by atoms with Crippen molar-refractivity contribution in [3.63, 3.8) is 0 Å². The molecule has 0 spiro atoms. The molecule has 1 aliphatic heterocycles. The summed E-state index contributed by atoms with van der Waals surface area (Å²) in [4.78, 5) is 31.5. The Balaban J connectivity index is 1.68. The predicted octanol–water partition coefficient (Wildman–Crippen LogP) is 2.31. The molecule has 1 aromatic heterocycles. The fraction of sp³-hybridized carbons (Fsp3) is 0.273. The van der Waals surface area contributed by atoms with Crippen LogP contribution in [-0.2, 0) is 14.8 Å². The number of H-pyrrole nitrogens is 1. The Morgan fingerprint density at radius 2 is 1.62 bits per heavy atom. The van der Waals surface area contributed by atoms with Crippen molar-refractivity contribution in [2.75, 3.05) is 43.3 Å². The molecule has 4 rings (SSSR count). The van der Waals surface area contributed by atoms with E-state index in [-0.39, 0.29) is 28.1 Å². The molecule has 168 valence electrons. The van der Waals surface area contributed by atoms with Crippen molar-refractivity contribution in [2.45, 2.75) is 11.8 Å². The van der Waals surface area contributed by atoms with Crippen LogP contribution in [0.5, 0.6) is 0 Å². The van der Waals surface area contributed by atoms with Gasteiger partial charge in [0.25, 0.3) is 15.9 Å². The highest BCUT2D eigenvalue weighted by molar-refractivity contribution is 7.92. The van der Waals surface area contributed by atoms with Crippen LogP contribution in [0, 0.1) is 0 Å². The van der Waals surface area contributed by atoms with E-state index in [1.165, 1.54) is 31.2 Å². The Morgan fingerprint density at radius 3 is 2.28 bits per heavy atom. The second-order valence-electron chi connectivity index (χ2n) is 7.83. The predicted molar refractivity (Wildman–Crippen MR) is 123 cm³/mol. The minimum absolute atomic E-state index is 0.0230. The van der Waals surface area contributed by atoms with Crippen molar-refractivity contribution in [2.24, 2.45) is 0 Å². The highest BCUT2D eigenvalue weighted by Gasteiger charge is 2.27. The summed E-state index contributed by atoms with van der Waals surface area (Å²) in [6.07, 6.45) is 0. The van der Waals surface area contributed by atoms with Crippen LogP contribution in [0.4, 0.5) is 11.4 Å². The number of aromatic amines is 1. The topological polar surface area (TPSA) is 115 Å². The molecule has 9 nitrogen and oxygen atoms in total. The molecule has 10 heteroatoms. The molecule has 0 unspecified atom stereocenters. The number of sulfonamides is 1. The third-order valence-electron chi connectivity index (χ3n) is 5.43. The molecule has 1 aliphatic rings. The molecule has 0 aliphatic carbocycles. The number of hydrogen-bond acceptors (Lipinski definition) is 5. The van der Waals surface area contributed by atoms with Crippen molar-refractivity contribution < 1.29 is 18.0 Å². The maximum absolute atomic E-state index is 13.3. The van der Waals surface area contributed by atoms with Crippen LogP contribution in [0.3, 0.4) is 0 Å². The van der Waals surface area contributed by atoms with Crippen LogP contribution >= 0.6 is 0 Å². The highest BCUT2D eigenvalue weighted by Crippen LogP contribution is 2.31. The van der Waals surface area contributed by atoms with E-state index in [1.807, 2.05) is 13.1 Å². The zero-order chi connectivity index (χ0) is 22.9. The van der Waals surface area contributed by atoms with E-state index in [4.69, 9.17) is 0 Å². The van der Waals surface area contributed by atoms with E-state index in [1.54, 1.807) is 23.1 Å². The van der Waals surface area contributed by atoms with Gasteiger partial charge in [-0.1, -0.05) is 18.2 Å². The van der Waals surface area contributed by atoms with Gasteiger partial charge in [-0.3, -0.25) is 14.3 Å². The minimum Gasteiger partial charge on any atom is -0.349 e. The number of hydrogen-bond donors (Lipinski definition) is 3. The van der Waals surface area contributed by atoms with Gasteiger partial charge in [0.2, 0.25) is 5.91 Å². The number of nitrogens with one attached hydrogen (secondary N) is 3. The number of benzene rings is 2. The van der Waals surface area contributed by atoms with Crippen LogP contribution < -0.4 is 10.0 Å². The molecule has 0 saturated carbocycles. The summed E-state index contributed by atoms with van der Waals surface area (Å²) in [5.74, 6) is -0.488. The van der Waals surface area contributed by atoms with E-state index in [0.717, 1.165) is 13.1 Å². The summed E-state index contributed by atoms with van der Waals surface area (Å²) in [6.45, 7) is 4.03. The lowest BCUT2D eigenvalue weighted by Crippen LogP contribution is -2.47. The van der Waals surface area contributed by atoms with Crippen molar-refractivity contribution in [3.8, 4) is 0 Å². The maximum atomic E-state index is 13.3. The SMILES string of the molecule is CC(=O)Nc1ccc(S(=O)(=O)Nc2c(C(=O)N3CCN(C)CC3)[nH]c3ccccc23)cc1. The lowest BCUT2D eigenvalue weighted by Gasteiger charge is -2.32. The molecule has 32 heavy (non-hydrogen) atoms. The normalized spacial score (nSPS) is 15.0. The van der Waals surface area contributed by atoms with E-state index in [9.17, 15) is 18.0 Å². The first kappa shape index (κ1) is 21.8. The monoisotopic (exact) mass is 455 g/mol. The third kappa shape index (κ3) is 4.46. The summed E-state index contributed by atoms with van der Waals surface area (Å²) < 4.78 is 28.9. The summed E-state index contributed by atoms with van der Waals surface area (Å²) >= 11 is 0. The standard InChI is InChI=1S/C22H25N5O4S/c1-15(28)23-16-7-9-17(10-8-16)32(30,31)25-20-18-5-3-4-6-19(18)24-21(20)22(29)27-13-11-26(2)12-14-27/h3-10,24-25H,11-14H2,1-2H3,(H,23,28). The number of para-hydroxylation sites is 1. The number of amides is 2. The lowest BCUT2D eigenvalue weighted by molar-refractivity contribution is -0.114. The Morgan fingerprint density at radius 1 is 0.969 bits per heavy atom. The first-order valence-corrected chi connectivity index (χ1v) is 11.7. The average molecular weight is 456 g/mol. The van der Waals surface area contributed by atoms with Gasteiger partial charge >= 0.3 is 0 Å². The molecule has 0 bridgehead atoms. The van der Waals surface area contributed by atoms with Gasteiger partial charge in [0, 0.05) is 49.7 Å². The minimum atomic E-state index is -3.98. The second kappa shape index (κ2) is 8.64. The number of fused-ring (bicyclic) bond motifs is 1. The number of carbonyl (C=O) groups is 2. The lowest BCUT2D eigenvalue weighted by atomic mass is 10.2. The summed E-state index contributed by atoms with van der Waals surface area (Å²) in [6, 6.07) is 13.0. The Hall–Kier alpha value is -3.37. The van der Waals surface area contributed by atoms with Gasteiger partial charge in [-0.2, -0.15) is 0 Å². The van der Waals surface area contributed by atoms with Crippen LogP contribution in [0.25, 0.3) is 10.9 Å². The Bertz CT molecular complexity index is 1260. The van der Waals surface area contributed by atoms with E-state index >= 15 is 0 Å². The molecule has 1 saturated heterocycles. The highest BCUT2D eigenvalue weighted by atomic mass is 32.2. The molecular formula is C22H25N5O4S. The fourth-order valence-corrected chi connectivity index (χ4v) is 4.78. The zero-order valence-electron chi connectivity index (χ0n) is 17.9. The van der Waals surface area contributed by atoms with Crippen molar-refractivity contribution in [1.29, 1.82) is 0 Å². The number of anilines is 2. The van der Waals surface area contributed by atoms with Crippen LogP contribution in [-0.4, -0.2) is 68.2 Å². The molecule has 3 aromatic rings. The number of carbonyl (C=O) groups excluding carboxylic acids is 2. The maximum Gasteiger partial charge on any atom is 0.272 e. The number of likely N-dealkylation sites (N-methyl/N-ethyl adjacent to an activating group) is 1. The summed E-state index contributed by atoms with van der Waals surface area (Å²) in [7, 11) is -1.98. The average Bonchev–Trinajstić information content (AvgIpc) is 3.11. The van der Waals surface area contributed by atoms with E-state index < -0.39 is 10.0 Å². The first-order valence-electron chi connectivity index (χ1n) is 10.2. The second-order valence-corrected chi connectivity index (χ2v) is 9.51. The number of rotatable bonds is 5. The van der Waals surface area contributed by atoms with Crippen molar-refractivity contribution in [1.82, 2.24) is 14.8 Å². The van der Waals surface area contributed by atoms with Gasteiger partial charge in [0.05, 0.1) is 10.6 Å². The van der Waals surface area contributed by atoms with Gasteiger partial charge in [-0.05, 0) is 37.4 Å². The molecule has 0 radical (unpaired) electrons. The van der Waals surface area contributed by atoms with E-state index in [0.29, 0.717) is 29.7 Å². The Labute approximate surface area is 186 Å². The van der Waals surface area contributed by atoms with Gasteiger partial charge in [-0.25, -0.2) is 8.42 Å². The molecule has 2 heterocycles. The molecule has 0 atom stereocenters. The van der Waals surface area contributed by atoms with Gasteiger partial charge in [0.1, 0.15) is 5.69 Å². The van der Waals surface area contributed by atoms with Gasteiger partial charge in [0.15, 0.2) is 0 Å². The fourth-order valence-electron chi connectivity index (χ4n) is 3.69.